The molecule has 2 saturated carbocycles. The summed E-state index contributed by atoms with van der Waals surface area (Å²) in [7, 11) is 3.13. The third-order valence-electron chi connectivity index (χ3n) is 10.1. The van der Waals surface area contributed by atoms with Crippen LogP contribution in [-0.2, 0) is 33.5 Å². The monoisotopic (exact) mass is 724 g/mol. The summed E-state index contributed by atoms with van der Waals surface area (Å²) in [6, 6.07) is 4.43. The van der Waals surface area contributed by atoms with Gasteiger partial charge in [0.05, 0.1) is 12.6 Å². The molecule has 2 bridgehead atoms. The van der Waals surface area contributed by atoms with Gasteiger partial charge in [-0.2, -0.15) is 0 Å². The quantitative estimate of drug-likeness (QED) is 0.224. The Morgan fingerprint density at radius 3 is 2.10 bits per heavy atom. The third kappa shape index (κ3) is 10.1. The van der Waals surface area contributed by atoms with Crippen LogP contribution in [0.15, 0.2) is 30.3 Å². The summed E-state index contributed by atoms with van der Waals surface area (Å²) in [6.45, 7) is 10.1. The number of likely N-dealkylation sites (N-methyl/N-ethyl adjacent to an activating group) is 1. The van der Waals surface area contributed by atoms with Gasteiger partial charge in [0.25, 0.3) is 5.91 Å². The van der Waals surface area contributed by atoms with Gasteiger partial charge in [0.15, 0.2) is 0 Å². The minimum Gasteiger partial charge on any atom is -0.444 e. The number of amides is 6. The molecule has 0 aromatic heterocycles. The molecular weight excluding hydrogens is 668 g/mol. The second-order valence-electron chi connectivity index (χ2n) is 16.6. The van der Waals surface area contributed by atoms with Crippen molar-refractivity contribution in [3.63, 3.8) is 0 Å². The lowest BCUT2D eigenvalue weighted by molar-refractivity contribution is -0.147. The Hall–Kier alpha value is -4.49. The maximum atomic E-state index is 14.2. The number of likely N-dealkylation sites (tertiary alicyclic amines) is 1. The molecule has 6 atom stereocenters. The molecule has 1 aromatic carbocycles. The molecule has 3 fully saturated rings. The third-order valence-corrected chi connectivity index (χ3v) is 10.1. The van der Waals surface area contributed by atoms with Crippen LogP contribution in [0.2, 0.25) is 0 Å². The van der Waals surface area contributed by atoms with E-state index >= 15 is 0 Å². The number of piperidine rings is 1. The Morgan fingerprint density at radius 2 is 1.54 bits per heavy atom. The smallest absolute Gasteiger partial charge is 0.408 e. The fourth-order valence-electron chi connectivity index (χ4n) is 7.23. The van der Waals surface area contributed by atoms with Gasteiger partial charge in [-0.05, 0) is 69.3 Å². The molecule has 1 aliphatic heterocycles. The maximum Gasteiger partial charge on any atom is 0.408 e. The molecule has 0 spiro atoms. The first-order valence-electron chi connectivity index (χ1n) is 18.3. The number of Topliss-reactive ketones (excluding diaryl/α,β-unsaturated/α-hetero) is 1. The van der Waals surface area contributed by atoms with Crippen LogP contribution >= 0.6 is 0 Å². The molecule has 4 rings (SSSR count). The number of nitrogens with one attached hydrogen (secondary N) is 4. The van der Waals surface area contributed by atoms with Gasteiger partial charge < -0.3 is 35.8 Å². The number of carbonyl (C=O) groups is 7. The summed E-state index contributed by atoms with van der Waals surface area (Å²) >= 11 is 0. The number of nitrogens with zero attached hydrogens (tertiary/aromatic N) is 2. The maximum absolute atomic E-state index is 14.2. The Kier molecular flexibility index (Phi) is 12.7. The number of benzene rings is 1. The van der Waals surface area contributed by atoms with Gasteiger partial charge in [-0.25, -0.2) is 4.79 Å². The zero-order chi connectivity index (χ0) is 38.5. The lowest BCUT2D eigenvalue weighted by Crippen LogP contribution is -2.62. The molecule has 3 unspecified atom stereocenters. The SMILES string of the molecule is CN(C)C(=O)[C@H](NC(=O)CNC(=O)C(=O)C(CC1CCC1)NC(=O)[C@@H]1C2CCC(C2)N1C(=O)[C@@H](NC(=O)OC(C)(C)C)C(C)(C)C)c1ccccc1. The van der Waals surface area contributed by atoms with Gasteiger partial charge in [0.1, 0.15) is 23.7 Å². The second kappa shape index (κ2) is 16.5. The number of hydrogen-bond donors (Lipinski definition) is 4. The van der Waals surface area contributed by atoms with Crippen molar-refractivity contribution in [2.75, 3.05) is 20.6 Å². The zero-order valence-electron chi connectivity index (χ0n) is 31.7. The van der Waals surface area contributed by atoms with Gasteiger partial charge in [0.2, 0.25) is 29.4 Å². The number of alkyl carbamates (subject to hydrolysis) is 1. The van der Waals surface area contributed by atoms with Crippen molar-refractivity contribution in [3.8, 4) is 0 Å². The zero-order valence-corrected chi connectivity index (χ0v) is 31.7. The molecule has 4 N–H and O–H groups in total. The summed E-state index contributed by atoms with van der Waals surface area (Å²) in [4.78, 5) is 96.6. The van der Waals surface area contributed by atoms with E-state index in [1.165, 1.54) is 4.90 Å². The first-order chi connectivity index (χ1) is 24.3. The highest BCUT2D eigenvalue weighted by molar-refractivity contribution is 6.38. The highest BCUT2D eigenvalue weighted by Crippen LogP contribution is 2.44. The van der Waals surface area contributed by atoms with E-state index in [2.05, 4.69) is 21.3 Å². The van der Waals surface area contributed by atoms with Crippen molar-refractivity contribution >= 4 is 41.4 Å². The average molecular weight is 725 g/mol. The van der Waals surface area contributed by atoms with Crippen LogP contribution in [0.4, 0.5) is 4.79 Å². The molecular formula is C38H56N6O8. The molecule has 286 valence electrons. The number of fused-ring (bicyclic) bond motifs is 2. The molecule has 14 heteroatoms. The van der Waals surface area contributed by atoms with Crippen LogP contribution in [0.1, 0.15) is 98.1 Å². The summed E-state index contributed by atoms with van der Waals surface area (Å²) in [5, 5.41) is 10.6. The number of rotatable bonds is 13. The van der Waals surface area contributed by atoms with Crippen LogP contribution in [0.25, 0.3) is 0 Å². The van der Waals surface area contributed by atoms with E-state index in [0.29, 0.717) is 18.4 Å². The van der Waals surface area contributed by atoms with E-state index in [4.69, 9.17) is 4.74 Å². The largest absolute Gasteiger partial charge is 0.444 e. The van der Waals surface area contributed by atoms with Crippen molar-refractivity contribution in [1.82, 2.24) is 31.1 Å². The Labute approximate surface area is 306 Å². The van der Waals surface area contributed by atoms with Crippen LogP contribution in [0.3, 0.4) is 0 Å². The van der Waals surface area contributed by atoms with E-state index in [1.807, 2.05) is 20.8 Å². The molecule has 1 aromatic rings. The fraction of sp³-hybridized carbons (Fsp3) is 0.658. The predicted molar refractivity (Wildman–Crippen MR) is 192 cm³/mol. The molecule has 52 heavy (non-hydrogen) atoms. The summed E-state index contributed by atoms with van der Waals surface area (Å²) in [5.74, 6) is -3.91. The fourth-order valence-corrected chi connectivity index (χ4v) is 7.23. The summed E-state index contributed by atoms with van der Waals surface area (Å²) < 4.78 is 5.44. The summed E-state index contributed by atoms with van der Waals surface area (Å²) in [6.07, 6.45) is 4.25. The molecule has 14 nitrogen and oxygen atoms in total. The van der Waals surface area contributed by atoms with Gasteiger partial charge >= 0.3 is 6.09 Å². The molecule has 0 radical (unpaired) electrons. The molecule has 1 heterocycles. The van der Waals surface area contributed by atoms with Crippen molar-refractivity contribution in [2.24, 2.45) is 17.3 Å². The van der Waals surface area contributed by atoms with Gasteiger partial charge in [-0.1, -0.05) is 70.4 Å². The molecule has 3 aliphatic rings. The lowest BCUT2D eigenvalue weighted by atomic mass is 9.80. The van der Waals surface area contributed by atoms with Crippen LogP contribution in [-0.4, -0.2) is 102 Å². The topological polar surface area (TPSA) is 183 Å². The van der Waals surface area contributed by atoms with Crippen LogP contribution in [0, 0.1) is 17.3 Å². The number of ketones is 1. The second-order valence-corrected chi connectivity index (χ2v) is 16.6. The first kappa shape index (κ1) is 40.3. The number of hydrogen-bond acceptors (Lipinski definition) is 8. The number of carbonyl (C=O) groups excluding carboxylic acids is 7. The highest BCUT2D eigenvalue weighted by atomic mass is 16.6. The molecule has 1 saturated heterocycles. The Bertz CT molecular complexity index is 1510. The van der Waals surface area contributed by atoms with Gasteiger partial charge in [-0.15, -0.1) is 0 Å². The number of ether oxygens (including phenoxy) is 1. The van der Waals surface area contributed by atoms with E-state index in [-0.39, 0.29) is 30.2 Å². The van der Waals surface area contributed by atoms with Crippen molar-refractivity contribution < 1.29 is 38.3 Å². The van der Waals surface area contributed by atoms with E-state index in [9.17, 15) is 33.6 Å². The summed E-state index contributed by atoms with van der Waals surface area (Å²) in [5.41, 5.74) is -0.939. The van der Waals surface area contributed by atoms with Gasteiger partial charge in [0, 0.05) is 20.1 Å². The van der Waals surface area contributed by atoms with E-state index in [1.54, 1.807) is 70.1 Å². The van der Waals surface area contributed by atoms with Crippen molar-refractivity contribution in [3.05, 3.63) is 35.9 Å². The standard InChI is InChI=1S/C38H56N6O8/c1-37(2,3)31(42-36(51)52-38(4,5)6)35(50)44-25-18-17-24(20-25)29(44)32(47)40-26(19-22-13-12-14-22)30(46)33(48)39-21-27(45)41-28(34(49)43(7)8)23-15-10-9-11-16-23/h9-11,15-16,22,24-26,28-29,31H,12-14,17-21H2,1-8H3,(H,39,48)(H,40,47)(H,41,45)(H,42,51)/t24?,25?,26?,28-,29+,31-/m1/s1. The lowest BCUT2D eigenvalue weighted by Gasteiger charge is -2.40. The minimum atomic E-state index is -1.16. The Morgan fingerprint density at radius 1 is 0.885 bits per heavy atom. The van der Waals surface area contributed by atoms with Crippen LogP contribution in [0.5, 0.6) is 0 Å². The average Bonchev–Trinajstić information content (AvgIpc) is 3.66. The predicted octanol–water partition coefficient (Wildman–Crippen LogP) is 2.61. The molecule has 6 amide bonds. The Balaban J connectivity index is 1.46. The van der Waals surface area contributed by atoms with Crippen LogP contribution < -0.4 is 21.3 Å². The van der Waals surface area contributed by atoms with E-state index < -0.39 is 77.2 Å². The van der Waals surface area contributed by atoms with Crippen molar-refractivity contribution in [1.29, 1.82) is 0 Å². The van der Waals surface area contributed by atoms with Gasteiger partial charge in [-0.3, -0.25) is 28.8 Å². The highest BCUT2D eigenvalue weighted by Gasteiger charge is 2.54. The minimum absolute atomic E-state index is 0.134. The molecule has 2 aliphatic carbocycles. The first-order valence-corrected chi connectivity index (χ1v) is 18.3. The van der Waals surface area contributed by atoms with Crippen molar-refractivity contribution in [2.45, 2.75) is 122 Å². The van der Waals surface area contributed by atoms with E-state index in [0.717, 1.165) is 25.7 Å². The normalized spacial score (nSPS) is 21.5.